The molecule has 2 unspecified atom stereocenters. The number of aryl methyl sites for hydroxylation is 1. The molecule has 2 atom stereocenters. The van der Waals surface area contributed by atoms with E-state index in [1.165, 1.54) is 17.7 Å². The predicted octanol–water partition coefficient (Wildman–Crippen LogP) is 3.01. The fourth-order valence-electron chi connectivity index (χ4n) is 2.44. The molecule has 4 nitrogen and oxygen atoms in total. The van der Waals surface area contributed by atoms with Crippen molar-refractivity contribution in [2.45, 2.75) is 29.9 Å². The van der Waals surface area contributed by atoms with Crippen molar-refractivity contribution in [2.75, 3.05) is 0 Å². The fraction of sp³-hybridized carbons (Fsp3) is 0.250. The minimum Gasteiger partial charge on any atom is -0.364 e. The SMILES string of the molecule is O=S(=O)(O)c1ccc(CCC2OC2c2ccccc2)cc1. The van der Waals surface area contributed by atoms with Crippen LogP contribution in [0.2, 0.25) is 0 Å². The molecule has 0 saturated carbocycles. The van der Waals surface area contributed by atoms with E-state index >= 15 is 0 Å². The molecule has 21 heavy (non-hydrogen) atoms. The second kappa shape index (κ2) is 5.60. The topological polar surface area (TPSA) is 66.9 Å². The van der Waals surface area contributed by atoms with Crippen molar-refractivity contribution in [2.24, 2.45) is 0 Å². The van der Waals surface area contributed by atoms with Crippen molar-refractivity contribution >= 4 is 10.1 Å². The Balaban J connectivity index is 1.55. The Morgan fingerprint density at radius 1 is 1.00 bits per heavy atom. The highest BCUT2D eigenvalue weighted by Crippen LogP contribution is 2.41. The van der Waals surface area contributed by atoms with E-state index in [4.69, 9.17) is 9.29 Å². The van der Waals surface area contributed by atoms with E-state index in [1.807, 2.05) is 18.2 Å². The number of hydrogen-bond acceptors (Lipinski definition) is 3. The molecule has 1 aliphatic rings. The Morgan fingerprint density at radius 3 is 2.29 bits per heavy atom. The van der Waals surface area contributed by atoms with E-state index in [0.29, 0.717) is 0 Å². The van der Waals surface area contributed by atoms with Crippen molar-refractivity contribution in [3.8, 4) is 0 Å². The predicted molar refractivity (Wildman–Crippen MR) is 78.6 cm³/mol. The minimum atomic E-state index is -4.11. The molecule has 0 spiro atoms. The number of epoxide rings is 1. The van der Waals surface area contributed by atoms with E-state index in [2.05, 4.69) is 12.1 Å². The van der Waals surface area contributed by atoms with E-state index in [0.717, 1.165) is 18.4 Å². The monoisotopic (exact) mass is 304 g/mol. The van der Waals surface area contributed by atoms with E-state index in [1.54, 1.807) is 12.1 Å². The average Bonchev–Trinajstić information content (AvgIpc) is 3.25. The van der Waals surface area contributed by atoms with Crippen LogP contribution in [0, 0.1) is 0 Å². The molecular formula is C16H16O4S. The Morgan fingerprint density at radius 2 is 1.67 bits per heavy atom. The summed E-state index contributed by atoms with van der Waals surface area (Å²) in [6, 6.07) is 16.4. The largest absolute Gasteiger partial charge is 0.364 e. The summed E-state index contributed by atoms with van der Waals surface area (Å²) in [5.74, 6) is 0. The number of hydrogen-bond donors (Lipinski definition) is 1. The Labute approximate surface area is 124 Å². The Hall–Kier alpha value is -1.69. The molecule has 1 saturated heterocycles. The maximum atomic E-state index is 11.0. The normalized spacial score (nSPS) is 21.2. The van der Waals surface area contributed by atoms with Gasteiger partial charge >= 0.3 is 0 Å². The highest BCUT2D eigenvalue weighted by Gasteiger charge is 2.39. The summed E-state index contributed by atoms with van der Waals surface area (Å²) < 4.78 is 36.5. The fourth-order valence-corrected chi connectivity index (χ4v) is 2.92. The Kier molecular flexibility index (Phi) is 3.80. The molecule has 2 aromatic carbocycles. The lowest BCUT2D eigenvalue weighted by molar-refractivity contribution is 0.366. The van der Waals surface area contributed by atoms with Crippen LogP contribution in [0.1, 0.15) is 23.7 Å². The molecule has 1 N–H and O–H groups in total. The van der Waals surface area contributed by atoms with E-state index < -0.39 is 10.1 Å². The lowest BCUT2D eigenvalue weighted by atomic mass is 10.0. The molecule has 5 heteroatoms. The van der Waals surface area contributed by atoms with Crippen molar-refractivity contribution in [1.29, 1.82) is 0 Å². The maximum Gasteiger partial charge on any atom is 0.294 e. The number of rotatable bonds is 5. The molecule has 1 fully saturated rings. The molecule has 3 rings (SSSR count). The summed E-state index contributed by atoms with van der Waals surface area (Å²) in [7, 11) is -4.11. The minimum absolute atomic E-state index is 0.0731. The van der Waals surface area contributed by atoms with Gasteiger partial charge in [-0.3, -0.25) is 4.55 Å². The van der Waals surface area contributed by atoms with Gasteiger partial charge in [-0.25, -0.2) is 0 Å². The zero-order chi connectivity index (χ0) is 14.9. The first kappa shape index (κ1) is 14.3. The zero-order valence-corrected chi connectivity index (χ0v) is 12.2. The standard InChI is InChI=1S/C16H16O4S/c17-21(18,19)14-9-6-12(7-10-14)8-11-15-16(20-15)13-4-2-1-3-5-13/h1-7,9-10,15-16H,8,11H2,(H,17,18,19). The van der Waals surface area contributed by atoms with Gasteiger partial charge in [0.1, 0.15) is 6.10 Å². The van der Waals surface area contributed by atoms with Gasteiger partial charge in [0, 0.05) is 0 Å². The molecular weight excluding hydrogens is 288 g/mol. The maximum absolute atomic E-state index is 11.0. The van der Waals surface area contributed by atoms with Crippen molar-refractivity contribution in [3.05, 3.63) is 65.7 Å². The molecule has 2 aromatic rings. The molecule has 1 aliphatic heterocycles. The average molecular weight is 304 g/mol. The van der Waals surface area contributed by atoms with Crippen LogP contribution >= 0.6 is 0 Å². The van der Waals surface area contributed by atoms with Gasteiger partial charge in [0.15, 0.2) is 0 Å². The lowest BCUT2D eigenvalue weighted by Gasteiger charge is -2.01. The van der Waals surface area contributed by atoms with Crippen molar-refractivity contribution < 1.29 is 17.7 Å². The number of ether oxygens (including phenoxy) is 1. The smallest absolute Gasteiger partial charge is 0.294 e. The summed E-state index contributed by atoms with van der Waals surface area (Å²) >= 11 is 0. The van der Waals surface area contributed by atoms with Gasteiger partial charge in [-0.15, -0.1) is 0 Å². The van der Waals surface area contributed by atoms with Gasteiger partial charge in [0.25, 0.3) is 10.1 Å². The highest BCUT2D eigenvalue weighted by molar-refractivity contribution is 7.85. The van der Waals surface area contributed by atoms with Crippen LogP contribution in [-0.2, 0) is 21.3 Å². The summed E-state index contributed by atoms with van der Waals surface area (Å²) in [6.07, 6.45) is 2.13. The first-order chi connectivity index (χ1) is 10.0. The third-order valence-corrected chi connectivity index (χ3v) is 4.52. The molecule has 0 radical (unpaired) electrons. The highest BCUT2D eigenvalue weighted by atomic mass is 32.2. The third-order valence-electron chi connectivity index (χ3n) is 3.65. The molecule has 110 valence electrons. The van der Waals surface area contributed by atoms with Crippen LogP contribution in [0.25, 0.3) is 0 Å². The third kappa shape index (κ3) is 3.50. The second-order valence-corrected chi connectivity index (χ2v) is 6.59. The summed E-state index contributed by atoms with van der Waals surface area (Å²) in [4.78, 5) is -0.0731. The summed E-state index contributed by atoms with van der Waals surface area (Å²) in [5.41, 5.74) is 2.23. The van der Waals surface area contributed by atoms with Gasteiger partial charge < -0.3 is 4.74 Å². The summed E-state index contributed by atoms with van der Waals surface area (Å²) in [6.45, 7) is 0. The van der Waals surface area contributed by atoms with Gasteiger partial charge in [-0.05, 0) is 36.1 Å². The molecule has 0 aliphatic carbocycles. The first-order valence-corrected chi connectivity index (χ1v) is 8.25. The van der Waals surface area contributed by atoms with Crippen molar-refractivity contribution in [1.82, 2.24) is 0 Å². The van der Waals surface area contributed by atoms with Gasteiger partial charge in [-0.2, -0.15) is 8.42 Å². The van der Waals surface area contributed by atoms with Gasteiger partial charge in [-0.1, -0.05) is 42.5 Å². The zero-order valence-electron chi connectivity index (χ0n) is 11.3. The molecule has 0 aromatic heterocycles. The van der Waals surface area contributed by atoms with Crippen LogP contribution in [0.5, 0.6) is 0 Å². The summed E-state index contributed by atoms with van der Waals surface area (Å²) in [5, 5.41) is 0. The second-order valence-electron chi connectivity index (χ2n) is 5.16. The quantitative estimate of drug-likeness (QED) is 0.681. The van der Waals surface area contributed by atoms with Crippen LogP contribution in [-0.4, -0.2) is 19.1 Å². The first-order valence-electron chi connectivity index (χ1n) is 6.81. The van der Waals surface area contributed by atoms with Crippen LogP contribution in [0.3, 0.4) is 0 Å². The van der Waals surface area contributed by atoms with Crippen LogP contribution < -0.4 is 0 Å². The van der Waals surface area contributed by atoms with E-state index in [9.17, 15) is 8.42 Å². The lowest BCUT2D eigenvalue weighted by Crippen LogP contribution is -1.98. The Bertz CT molecular complexity index is 708. The molecule has 0 bridgehead atoms. The molecule has 1 heterocycles. The number of benzene rings is 2. The van der Waals surface area contributed by atoms with Gasteiger partial charge in [0.2, 0.25) is 0 Å². The van der Waals surface area contributed by atoms with Crippen molar-refractivity contribution in [3.63, 3.8) is 0 Å². The molecule has 0 amide bonds. The van der Waals surface area contributed by atoms with Gasteiger partial charge in [0.05, 0.1) is 11.0 Å². The van der Waals surface area contributed by atoms with E-state index in [-0.39, 0.29) is 17.1 Å². The van der Waals surface area contributed by atoms with Crippen LogP contribution in [0.15, 0.2) is 59.5 Å². The van der Waals surface area contributed by atoms with Crippen LogP contribution in [0.4, 0.5) is 0 Å².